The van der Waals surface area contributed by atoms with Crippen molar-refractivity contribution in [2.24, 2.45) is 0 Å². The fourth-order valence-corrected chi connectivity index (χ4v) is 3.68. The van der Waals surface area contributed by atoms with Crippen LogP contribution >= 0.6 is 22.6 Å². The lowest BCUT2D eigenvalue weighted by molar-refractivity contribution is -0.142. The van der Waals surface area contributed by atoms with E-state index in [1.807, 2.05) is 22.6 Å². The summed E-state index contributed by atoms with van der Waals surface area (Å²) in [5, 5.41) is 2.75. The maximum Gasteiger partial charge on any atom is 0.408 e. The number of hydrogen-bond acceptors (Lipinski definition) is 5. The first kappa shape index (κ1) is 25.6. The first-order chi connectivity index (χ1) is 14.9. The van der Waals surface area contributed by atoms with Crippen molar-refractivity contribution in [3.05, 3.63) is 56.5 Å². The molecule has 32 heavy (non-hydrogen) atoms. The SMILES string of the molecule is [C-]#[N+]c1nc(I)cn1CC(C)(NC(=O)OC(C)(C)C)c1cc(CC(=O)OCC)ccc1F. The van der Waals surface area contributed by atoms with E-state index in [4.69, 9.17) is 16.0 Å². The lowest BCUT2D eigenvalue weighted by Gasteiger charge is -2.32. The van der Waals surface area contributed by atoms with Crippen LogP contribution in [-0.2, 0) is 32.8 Å². The van der Waals surface area contributed by atoms with Crippen LogP contribution < -0.4 is 5.32 Å². The third-order valence-electron chi connectivity index (χ3n) is 4.37. The lowest BCUT2D eigenvalue weighted by Crippen LogP contribution is -2.48. The van der Waals surface area contributed by atoms with Crippen molar-refractivity contribution in [1.29, 1.82) is 0 Å². The molecular weight excluding hydrogens is 530 g/mol. The number of amides is 1. The number of esters is 1. The normalized spacial score (nSPS) is 13.1. The van der Waals surface area contributed by atoms with E-state index in [0.717, 1.165) is 0 Å². The molecule has 0 saturated carbocycles. The summed E-state index contributed by atoms with van der Waals surface area (Å²) < 4.78 is 27.5. The number of alkyl carbamates (subject to hydrolysis) is 1. The predicted molar refractivity (Wildman–Crippen MR) is 125 cm³/mol. The molecule has 2 aromatic rings. The summed E-state index contributed by atoms with van der Waals surface area (Å²) >= 11 is 1.98. The van der Waals surface area contributed by atoms with Crippen LogP contribution in [0.4, 0.5) is 15.1 Å². The van der Waals surface area contributed by atoms with Gasteiger partial charge in [-0.1, -0.05) is 6.07 Å². The molecule has 10 heteroatoms. The van der Waals surface area contributed by atoms with E-state index in [9.17, 15) is 9.59 Å². The summed E-state index contributed by atoms with van der Waals surface area (Å²) in [6.45, 7) is 16.1. The van der Waals surface area contributed by atoms with Gasteiger partial charge in [0.15, 0.2) is 3.70 Å². The third kappa shape index (κ3) is 6.91. The topological polar surface area (TPSA) is 86.8 Å². The fraction of sp³-hybridized carbons (Fsp3) is 0.455. The molecule has 0 bridgehead atoms. The van der Waals surface area contributed by atoms with Crippen molar-refractivity contribution in [3.63, 3.8) is 0 Å². The van der Waals surface area contributed by atoms with E-state index in [-0.39, 0.29) is 31.1 Å². The maximum absolute atomic E-state index is 15.0. The zero-order valence-electron chi connectivity index (χ0n) is 18.7. The van der Waals surface area contributed by atoms with Crippen LogP contribution in [0.25, 0.3) is 4.85 Å². The van der Waals surface area contributed by atoms with Crippen LogP contribution in [0.3, 0.4) is 0 Å². The molecule has 1 N–H and O–H groups in total. The minimum Gasteiger partial charge on any atom is -0.466 e. The monoisotopic (exact) mass is 556 g/mol. The Balaban J connectivity index is 2.51. The van der Waals surface area contributed by atoms with Crippen LogP contribution in [0.5, 0.6) is 0 Å². The number of halogens is 2. The molecule has 0 radical (unpaired) electrons. The van der Waals surface area contributed by atoms with Crippen LogP contribution in [0, 0.1) is 16.1 Å². The Hall–Kier alpha value is -2.68. The number of nitrogens with one attached hydrogen (secondary N) is 1. The smallest absolute Gasteiger partial charge is 0.408 e. The van der Waals surface area contributed by atoms with Gasteiger partial charge in [0.25, 0.3) is 0 Å². The molecule has 0 fully saturated rings. The van der Waals surface area contributed by atoms with Crippen LogP contribution in [0.2, 0.25) is 0 Å². The second-order valence-electron chi connectivity index (χ2n) is 8.36. The van der Waals surface area contributed by atoms with Gasteiger partial charge < -0.3 is 19.6 Å². The first-order valence-electron chi connectivity index (χ1n) is 9.92. The molecule has 172 valence electrons. The van der Waals surface area contributed by atoms with Crippen LogP contribution in [0.15, 0.2) is 24.4 Å². The molecular formula is C22H26FIN4O4. The van der Waals surface area contributed by atoms with Gasteiger partial charge in [0.05, 0.1) is 31.3 Å². The predicted octanol–water partition coefficient (Wildman–Crippen LogP) is 4.72. The molecule has 1 heterocycles. The van der Waals surface area contributed by atoms with Gasteiger partial charge in [0.2, 0.25) is 0 Å². The molecule has 0 saturated heterocycles. The van der Waals surface area contributed by atoms with Crippen molar-refractivity contribution < 1.29 is 23.5 Å². The average Bonchev–Trinajstić information content (AvgIpc) is 3.00. The molecule has 0 aliphatic heterocycles. The van der Waals surface area contributed by atoms with Crippen LogP contribution in [0.1, 0.15) is 45.7 Å². The highest BCUT2D eigenvalue weighted by Gasteiger charge is 2.36. The number of aromatic nitrogens is 2. The van der Waals surface area contributed by atoms with Gasteiger partial charge in [-0.2, -0.15) is 0 Å². The Morgan fingerprint density at radius 2 is 2.00 bits per heavy atom. The van der Waals surface area contributed by atoms with Gasteiger partial charge in [-0.3, -0.25) is 9.36 Å². The minimum absolute atomic E-state index is 0.0136. The number of nitrogens with zero attached hydrogens (tertiary/aromatic N) is 3. The molecule has 0 aliphatic rings. The summed E-state index contributed by atoms with van der Waals surface area (Å²) in [4.78, 5) is 32.1. The fourth-order valence-electron chi connectivity index (χ4n) is 3.13. The van der Waals surface area contributed by atoms with E-state index in [0.29, 0.717) is 9.26 Å². The Morgan fingerprint density at radius 3 is 2.59 bits per heavy atom. The largest absolute Gasteiger partial charge is 0.466 e. The summed E-state index contributed by atoms with van der Waals surface area (Å²) in [6.07, 6.45) is 0.859. The molecule has 1 unspecified atom stereocenters. The summed E-state index contributed by atoms with van der Waals surface area (Å²) in [6, 6.07) is 4.25. The second kappa shape index (κ2) is 10.3. The highest BCUT2D eigenvalue weighted by molar-refractivity contribution is 14.1. The molecule has 1 amide bonds. The minimum atomic E-state index is -1.32. The summed E-state index contributed by atoms with van der Waals surface area (Å²) in [5.74, 6) is -0.906. The number of carbonyl (C=O) groups excluding carboxylic acids is 2. The Kier molecular flexibility index (Phi) is 8.23. The van der Waals surface area contributed by atoms with Gasteiger partial charge >= 0.3 is 18.0 Å². The van der Waals surface area contributed by atoms with E-state index in [1.54, 1.807) is 45.4 Å². The molecule has 8 nitrogen and oxygen atoms in total. The lowest BCUT2D eigenvalue weighted by atomic mass is 9.89. The number of rotatable bonds is 7. The maximum atomic E-state index is 15.0. The van der Waals surface area contributed by atoms with Crippen molar-refractivity contribution in [2.75, 3.05) is 6.61 Å². The van der Waals surface area contributed by atoms with E-state index < -0.39 is 29.0 Å². The Labute approximate surface area is 200 Å². The van der Waals surface area contributed by atoms with Gasteiger partial charge in [-0.15, -0.1) is 11.6 Å². The zero-order valence-corrected chi connectivity index (χ0v) is 20.8. The van der Waals surface area contributed by atoms with Crippen molar-refractivity contribution in [2.45, 2.75) is 58.7 Å². The van der Waals surface area contributed by atoms with Crippen LogP contribution in [-0.4, -0.2) is 33.8 Å². The first-order valence-corrected chi connectivity index (χ1v) is 11.0. The van der Waals surface area contributed by atoms with Gasteiger partial charge in [-0.05, 0) is 52.3 Å². The molecule has 1 aromatic heterocycles. The molecule has 2 rings (SSSR count). The standard InChI is InChI=1S/C22H26FIN4O4/c1-7-31-18(29)11-14-8-9-16(23)15(10-14)22(5,27-20(30)32-21(2,3)4)13-28-12-17(24)26-19(28)25-6/h8-10,12H,7,11,13H2,1-5H3,(H,27,30). The van der Waals surface area contributed by atoms with Crippen molar-refractivity contribution in [1.82, 2.24) is 14.9 Å². The zero-order chi connectivity index (χ0) is 24.1. The number of imidazole rings is 1. The van der Waals surface area contributed by atoms with E-state index in [2.05, 4.69) is 15.1 Å². The van der Waals surface area contributed by atoms with E-state index >= 15 is 4.39 Å². The van der Waals surface area contributed by atoms with Gasteiger partial charge in [0.1, 0.15) is 11.4 Å². The van der Waals surface area contributed by atoms with Gasteiger partial charge in [-0.25, -0.2) is 9.18 Å². The number of benzene rings is 1. The number of carbonyl (C=O) groups is 2. The third-order valence-corrected chi connectivity index (χ3v) is 4.89. The van der Waals surface area contributed by atoms with Crippen molar-refractivity contribution in [3.8, 4) is 0 Å². The second-order valence-corrected chi connectivity index (χ2v) is 9.46. The quantitative estimate of drug-likeness (QED) is 0.303. The molecule has 1 atom stereocenters. The highest BCUT2D eigenvalue weighted by Crippen LogP contribution is 2.30. The Bertz CT molecular complexity index is 1040. The van der Waals surface area contributed by atoms with Crippen molar-refractivity contribution >= 4 is 40.6 Å². The molecule has 0 spiro atoms. The average molecular weight is 556 g/mol. The number of ether oxygens (including phenoxy) is 2. The van der Waals surface area contributed by atoms with E-state index in [1.165, 1.54) is 18.2 Å². The highest BCUT2D eigenvalue weighted by atomic mass is 127. The number of hydrogen-bond donors (Lipinski definition) is 1. The molecule has 0 aliphatic carbocycles. The summed E-state index contributed by atoms with van der Waals surface area (Å²) in [7, 11) is 0. The summed E-state index contributed by atoms with van der Waals surface area (Å²) in [5.41, 5.74) is -1.41. The van der Waals surface area contributed by atoms with Gasteiger partial charge in [0, 0.05) is 28.2 Å². The molecule has 1 aromatic carbocycles. The Morgan fingerprint density at radius 1 is 1.31 bits per heavy atom.